The summed E-state index contributed by atoms with van der Waals surface area (Å²) >= 11 is 1.16. The van der Waals surface area contributed by atoms with Crippen LogP contribution in [0.5, 0.6) is 0 Å². The monoisotopic (exact) mass is 187 g/mol. The molecule has 12 heavy (non-hydrogen) atoms. The Balaban J connectivity index is 2.58. The molecule has 1 rings (SSSR count). The zero-order chi connectivity index (χ0) is 9.14. The summed E-state index contributed by atoms with van der Waals surface area (Å²) in [5.74, 6) is 0.157. The molecule has 1 aromatic rings. The van der Waals surface area contributed by atoms with E-state index in [-0.39, 0.29) is 5.25 Å². The van der Waals surface area contributed by atoms with Gasteiger partial charge in [0.2, 0.25) is 5.91 Å². The molecule has 1 unspecified atom stereocenters. The summed E-state index contributed by atoms with van der Waals surface area (Å²) in [5, 5.41) is 3.60. The first-order valence-electron chi connectivity index (χ1n) is 3.36. The van der Waals surface area contributed by atoms with E-state index in [1.807, 2.05) is 0 Å². The third kappa shape index (κ3) is 2.23. The van der Waals surface area contributed by atoms with Crippen LogP contribution in [0.4, 0.5) is 0 Å². The molecule has 6 heteroatoms. The van der Waals surface area contributed by atoms with Gasteiger partial charge in [0.1, 0.15) is 0 Å². The van der Waals surface area contributed by atoms with E-state index in [1.54, 1.807) is 13.8 Å². The topological polar surface area (TPSA) is 82.0 Å². The molecule has 0 saturated carbocycles. The third-order valence-electron chi connectivity index (χ3n) is 1.19. The number of rotatable bonds is 3. The Kier molecular flexibility index (Phi) is 2.69. The van der Waals surface area contributed by atoms with Gasteiger partial charge in [-0.3, -0.25) is 4.79 Å². The maximum absolute atomic E-state index is 10.6. The van der Waals surface area contributed by atoms with Crippen molar-refractivity contribution in [3.63, 3.8) is 0 Å². The summed E-state index contributed by atoms with van der Waals surface area (Å²) in [6.07, 6.45) is 0. The van der Waals surface area contributed by atoms with Crippen LogP contribution in [0.25, 0.3) is 0 Å². The zero-order valence-electron chi connectivity index (χ0n) is 6.77. The van der Waals surface area contributed by atoms with Crippen LogP contribution >= 0.6 is 11.8 Å². The van der Waals surface area contributed by atoms with Crippen molar-refractivity contribution in [2.75, 3.05) is 0 Å². The fourth-order valence-electron chi connectivity index (χ4n) is 0.535. The van der Waals surface area contributed by atoms with Gasteiger partial charge in [-0.25, -0.2) is 0 Å². The SMILES string of the molecule is Cc1noc(SC(C)C(N)=O)n1. The molecule has 1 aromatic heterocycles. The second-order valence-corrected chi connectivity index (χ2v) is 3.56. The first-order valence-corrected chi connectivity index (χ1v) is 4.24. The average Bonchev–Trinajstić information content (AvgIpc) is 2.35. The minimum atomic E-state index is -0.393. The summed E-state index contributed by atoms with van der Waals surface area (Å²) < 4.78 is 4.78. The lowest BCUT2D eigenvalue weighted by Gasteiger charge is -2.00. The van der Waals surface area contributed by atoms with Crippen LogP contribution in [0.3, 0.4) is 0 Å². The molecule has 0 fully saturated rings. The molecule has 0 aliphatic carbocycles. The van der Waals surface area contributed by atoms with E-state index in [1.165, 1.54) is 0 Å². The Morgan fingerprint density at radius 3 is 2.83 bits per heavy atom. The number of nitrogens with zero attached hydrogens (tertiary/aromatic N) is 2. The average molecular weight is 187 g/mol. The van der Waals surface area contributed by atoms with Gasteiger partial charge < -0.3 is 10.3 Å². The summed E-state index contributed by atoms with van der Waals surface area (Å²) in [7, 11) is 0. The number of aromatic nitrogens is 2. The Labute approximate surface area is 73.7 Å². The predicted molar refractivity (Wildman–Crippen MR) is 43.5 cm³/mol. The van der Waals surface area contributed by atoms with Gasteiger partial charge in [0, 0.05) is 0 Å². The molecule has 1 amide bonds. The van der Waals surface area contributed by atoms with Crippen LogP contribution in [0.15, 0.2) is 9.75 Å². The molecule has 0 spiro atoms. The Morgan fingerprint density at radius 2 is 2.42 bits per heavy atom. The molecule has 0 aliphatic heterocycles. The molecule has 0 radical (unpaired) electrons. The highest BCUT2D eigenvalue weighted by Crippen LogP contribution is 2.20. The molecular weight excluding hydrogens is 178 g/mol. The van der Waals surface area contributed by atoms with E-state index in [0.29, 0.717) is 11.0 Å². The second kappa shape index (κ2) is 3.57. The molecule has 66 valence electrons. The highest BCUT2D eigenvalue weighted by molar-refractivity contribution is 8.00. The van der Waals surface area contributed by atoms with Gasteiger partial charge in [-0.1, -0.05) is 16.9 Å². The minimum absolute atomic E-state index is 0.343. The number of primary amides is 1. The smallest absolute Gasteiger partial charge is 0.286 e. The van der Waals surface area contributed by atoms with E-state index in [0.717, 1.165) is 11.8 Å². The second-order valence-electron chi connectivity index (χ2n) is 2.27. The highest BCUT2D eigenvalue weighted by atomic mass is 32.2. The predicted octanol–water partition coefficient (Wildman–Crippen LogP) is 0.344. The van der Waals surface area contributed by atoms with Gasteiger partial charge >= 0.3 is 0 Å². The largest absolute Gasteiger partial charge is 0.369 e. The van der Waals surface area contributed by atoms with Crippen LogP contribution in [0.1, 0.15) is 12.7 Å². The van der Waals surface area contributed by atoms with Gasteiger partial charge in [0.25, 0.3) is 5.22 Å². The number of hydrogen-bond acceptors (Lipinski definition) is 5. The lowest BCUT2D eigenvalue weighted by Crippen LogP contribution is -2.22. The van der Waals surface area contributed by atoms with Crippen molar-refractivity contribution in [1.82, 2.24) is 10.1 Å². The van der Waals surface area contributed by atoms with E-state index < -0.39 is 5.91 Å². The molecule has 0 aliphatic rings. The van der Waals surface area contributed by atoms with Crippen molar-refractivity contribution < 1.29 is 9.32 Å². The van der Waals surface area contributed by atoms with Crippen LogP contribution in [0.2, 0.25) is 0 Å². The normalized spacial score (nSPS) is 12.8. The van der Waals surface area contributed by atoms with E-state index in [2.05, 4.69) is 10.1 Å². The van der Waals surface area contributed by atoms with Crippen LogP contribution in [0, 0.1) is 6.92 Å². The highest BCUT2D eigenvalue weighted by Gasteiger charge is 2.14. The Hall–Kier alpha value is -1.04. The number of carbonyl (C=O) groups is 1. The maximum atomic E-state index is 10.6. The molecule has 2 N–H and O–H groups in total. The lowest BCUT2D eigenvalue weighted by atomic mass is 10.5. The van der Waals surface area contributed by atoms with Crippen molar-refractivity contribution in [3.8, 4) is 0 Å². The lowest BCUT2D eigenvalue weighted by molar-refractivity contribution is -0.117. The number of carbonyl (C=O) groups excluding carboxylic acids is 1. The minimum Gasteiger partial charge on any atom is -0.369 e. The fourth-order valence-corrected chi connectivity index (χ4v) is 1.22. The van der Waals surface area contributed by atoms with E-state index in [9.17, 15) is 4.79 Å². The van der Waals surface area contributed by atoms with Gasteiger partial charge in [-0.05, 0) is 13.8 Å². The van der Waals surface area contributed by atoms with Crippen LogP contribution < -0.4 is 5.73 Å². The molecule has 0 saturated heterocycles. The number of hydrogen-bond donors (Lipinski definition) is 1. The fraction of sp³-hybridized carbons (Fsp3) is 0.500. The number of thioether (sulfide) groups is 1. The van der Waals surface area contributed by atoms with Gasteiger partial charge in [-0.2, -0.15) is 4.98 Å². The standard InChI is InChI=1S/C6H9N3O2S/c1-3(5(7)10)12-6-8-4(2)9-11-6/h3H,1-2H3,(H2,7,10). The quantitative estimate of drug-likeness (QED) is 0.690. The van der Waals surface area contributed by atoms with Crippen molar-refractivity contribution in [3.05, 3.63) is 5.82 Å². The summed E-state index contributed by atoms with van der Waals surface area (Å²) in [4.78, 5) is 14.5. The van der Waals surface area contributed by atoms with E-state index in [4.69, 9.17) is 10.3 Å². The number of nitrogens with two attached hydrogens (primary N) is 1. The molecule has 0 aromatic carbocycles. The van der Waals surface area contributed by atoms with Gasteiger partial charge in [-0.15, -0.1) is 0 Å². The van der Waals surface area contributed by atoms with Crippen molar-refractivity contribution in [2.45, 2.75) is 24.3 Å². The van der Waals surface area contributed by atoms with Crippen LogP contribution in [-0.2, 0) is 4.79 Å². The summed E-state index contributed by atoms with van der Waals surface area (Å²) in [6, 6.07) is 0. The first-order chi connectivity index (χ1) is 5.59. The van der Waals surface area contributed by atoms with Crippen molar-refractivity contribution >= 4 is 17.7 Å². The molecular formula is C6H9N3O2S. The van der Waals surface area contributed by atoms with Gasteiger partial charge in [0.05, 0.1) is 5.25 Å². The van der Waals surface area contributed by atoms with Crippen molar-refractivity contribution in [1.29, 1.82) is 0 Å². The van der Waals surface area contributed by atoms with Crippen LogP contribution in [-0.4, -0.2) is 21.3 Å². The Morgan fingerprint density at radius 1 is 1.75 bits per heavy atom. The summed E-state index contributed by atoms with van der Waals surface area (Å²) in [6.45, 7) is 3.40. The zero-order valence-corrected chi connectivity index (χ0v) is 7.59. The molecule has 1 atom stereocenters. The Bertz CT molecular complexity index is 286. The third-order valence-corrected chi connectivity index (χ3v) is 2.14. The van der Waals surface area contributed by atoms with E-state index >= 15 is 0 Å². The first kappa shape index (κ1) is 9.05. The molecule has 0 bridgehead atoms. The molecule has 1 heterocycles. The van der Waals surface area contributed by atoms with Crippen molar-refractivity contribution in [2.24, 2.45) is 5.73 Å². The maximum Gasteiger partial charge on any atom is 0.286 e. The number of aryl methyl sites for hydroxylation is 1. The number of amides is 1. The van der Waals surface area contributed by atoms with Gasteiger partial charge in [0.15, 0.2) is 5.82 Å². The molecule has 5 nitrogen and oxygen atoms in total. The summed E-state index contributed by atoms with van der Waals surface area (Å²) in [5.41, 5.74) is 5.04.